The van der Waals surface area contributed by atoms with Gasteiger partial charge in [-0.2, -0.15) is 4.58 Å². The SMILES string of the molecule is CC(=O)NC1=CC(=[N+](C)c2ccccc2)C=CC1=C1C(=O)C(c2ccc(N(C)c3ccccc3)cc2NC(C)=O)=C1O. The average Bonchev–Trinajstić information content (AvgIpc) is 2.98. The first kappa shape index (κ1) is 28.0. The van der Waals surface area contributed by atoms with E-state index in [1.54, 1.807) is 24.3 Å². The quantitative estimate of drug-likeness (QED) is 0.271. The fourth-order valence-electron chi connectivity index (χ4n) is 5.01. The second-order valence-electron chi connectivity index (χ2n) is 10.0. The van der Waals surface area contributed by atoms with E-state index in [1.165, 1.54) is 13.8 Å². The summed E-state index contributed by atoms with van der Waals surface area (Å²) in [4.78, 5) is 39.8. The van der Waals surface area contributed by atoms with Crippen LogP contribution in [0.25, 0.3) is 5.57 Å². The van der Waals surface area contributed by atoms with E-state index in [0.29, 0.717) is 22.5 Å². The number of Topliss-reactive ketones (excluding diaryl/α,β-unsaturated/α-hetero) is 1. The predicted octanol–water partition coefficient (Wildman–Crippen LogP) is 5.57. The molecule has 0 fully saturated rings. The van der Waals surface area contributed by atoms with Gasteiger partial charge >= 0.3 is 0 Å². The number of aliphatic hydroxyl groups excluding tert-OH is 1. The number of carbonyl (C=O) groups is 3. The lowest BCUT2D eigenvalue weighted by molar-refractivity contribution is -0.403. The molecule has 2 aliphatic carbocycles. The normalized spacial score (nSPS) is 17.3. The number of carbonyl (C=O) groups excluding carboxylic acids is 3. The molecule has 0 unspecified atom stereocenters. The third-order valence-corrected chi connectivity index (χ3v) is 7.16. The zero-order chi connectivity index (χ0) is 30.0. The van der Waals surface area contributed by atoms with Crippen molar-refractivity contribution in [2.45, 2.75) is 13.8 Å². The largest absolute Gasteiger partial charge is 0.506 e. The van der Waals surface area contributed by atoms with Crippen LogP contribution in [-0.2, 0) is 14.4 Å². The van der Waals surface area contributed by atoms with Gasteiger partial charge in [-0.15, -0.1) is 0 Å². The van der Waals surface area contributed by atoms with Crippen LogP contribution >= 0.6 is 0 Å². The molecular weight excluding hydrogens is 528 g/mol. The zero-order valence-electron chi connectivity index (χ0n) is 23.8. The van der Waals surface area contributed by atoms with Gasteiger partial charge in [-0.25, -0.2) is 0 Å². The van der Waals surface area contributed by atoms with E-state index in [-0.39, 0.29) is 34.5 Å². The number of anilines is 3. The second kappa shape index (κ2) is 11.5. The summed E-state index contributed by atoms with van der Waals surface area (Å²) < 4.78 is 1.96. The molecule has 0 bridgehead atoms. The molecular formula is C34H31N4O4+. The summed E-state index contributed by atoms with van der Waals surface area (Å²) in [5, 5.41) is 16.9. The molecule has 0 aliphatic heterocycles. The number of nitrogens with zero attached hydrogens (tertiary/aromatic N) is 2. The summed E-state index contributed by atoms with van der Waals surface area (Å²) in [6.45, 7) is 2.78. The number of amides is 2. The molecule has 3 aromatic rings. The van der Waals surface area contributed by atoms with Crippen molar-refractivity contribution in [1.82, 2.24) is 5.32 Å². The number of allylic oxidation sites excluding steroid dienone is 5. The standard InChI is InChI=1S/C34H30N4O4/c1-21(39)35-29-19-25(37(3)23-11-7-5-8-12-23)15-17-27(29)31-33(41)32(34(31)42)28-18-16-26(20-30(28)36-22(2)40)38(4)24-13-9-6-10-14-24/h5-20H,1-4H3,(H2,35,36,39,40,41,42)/p+1. The monoisotopic (exact) mass is 559 g/mol. The minimum absolute atomic E-state index is 0.0990. The molecule has 5 rings (SSSR count). The first-order valence-electron chi connectivity index (χ1n) is 13.4. The fourth-order valence-corrected chi connectivity index (χ4v) is 5.01. The Morgan fingerprint density at radius 1 is 0.810 bits per heavy atom. The van der Waals surface area contributed by atoms with Crippen molar-refractivity contribution >= 4 is 51.6 Å². The smallest absolute Gasteiger partial charge is 0.221 e. The third kappa shape index (κ3) is 5.42. The number of nitrogens with one attached hydrogen (secondary N) is 2. The summed E-state index contributed by atoms with van der Waals surface area (Å²) in [7, 11) is 3.81. The molecule has 0 atom stereocenters. The van der Waals surface area contributed by atoms with Crippen molar-refractivity contribution in [3.8, 4) is 0 Å². The number of rotatable bonds is 6. The van der Waals surface area contributed by atoms with Crippen molar-refractivity contribution in [3.05, 3.63) is 125 Å². The maximum Gasteiger partial charge on any atom is 0.221 e. The maximum absolute atomic E-state index is 13.6. The summed E-state index contributed by atoms with van der Waals surface area (Å²) in [6, 6.07) is 24.8. The Morgan fingerprint density at radius 2 is 1.45 bits per heavy atom. The van der Waals surface area contributed by atoms with Gasteiger partial charge in [0.15, 0.2) is 0 Å². The van der Waals surface area contributed by atoms with Crippen LogP contribution in [0.3, 0.4) is 0 Å². The Balaban J connectivity index is 1.57. The Kier molecular flexibility index (Phi) is 7.71. The molecule has 3 N–H and O–H groups in total. The van der Waals surface area contributed by atoms with Crippen LogP contribution in [0.4, 0.5) is 22.7 Å². The highest BCUT2D eigenvalue weighted by molar-refractivity contribution is 6.40. The topological polar surface area (TPSA) is 102 Å². The lowest BCUT2D eigenvalue weighted by atomic mass is 9.78. The Labute approximate surface area is 244 Å². The van der Waals surface area contributed by atoms with Crippen molar-refractivity contribution in [2.75, 3.05) is 24.3 Å². The number of ketones is 1. The zero-order valence-corrected chi connectivity index (χ0v) is 23.8. The van der Waals surface area contributed by atoms with Gasteiger partial charge < -0.3 is 20.6 Å². The van der Waals surface area contributed by atoms with Gasteiger partial charge in [0, 0.05) is 67.7 Å². The van der Waals surface area contributed by atoms with Gasteiger partial charge in [0.2, 0.25) is 29.0 Å². The highest BCUT2D eigenvalue weighted by Crippen LogP contribution is 2.43. The number of hydrogen-bond acceptors (Lipinski definition) is 5. The summed E-state index contributed by atoms with van der Waals surface area (Å²) >= 11 is 0. The van der Waals surface area contributed by atoms with Crippen LogP contribution in [0.5, 0.6) is 0 Å². The van der Waals surface area contributed by atoms with Gasteiger partial charge in [0.25, 0.3) is 0 Å². The van der Waals surface area contributed by atoms with Gasteiger partial charge in [-0.1, -0.05) is 36.4 Å². The molecule has 2 amide bonds. The van der Waals surface area contributed by atoms with Gasteiger partial charge in [0.05, 0.1) is 22.5 Å². The van der Waals surface area contributed by atoms with Crippen molar-refractivity contribution in [3.63, 3.8) is 0 Å². The first-order valence-corrected chi connectivity index (χ1v) is 13.4. The number of benzene rings is 3. The van der Waals surface area contributed by atoms with Crippen LogP contribution in [0, 0.1) is 0 Å². The van der Waals surface area contributed by atoms with E-state index in [1.807, 2.05) is 96.4 Å². The molecule has 0 saturated heterocycles. The van der Waals surface area contributed by atoms with E-state index in [4.69, 9.17) is 0 Å². The summed E-state index contributed by atoms with van der Waals surface area (Å²) in [5.41, 5.74) is 5.28. The Hall–Kier alpha value is -5.50. The third-order valence-electron chi connectivity index (χ3n) is 7.16. The number of hydrogen-bond donors (Lipinski definition) is 3. The molecule has 210 valence electrons. The predicted molar refractivity (Wildman–Crippen MR) is 165 cm³/mol. The molecule has 8 heteroatoms. The van der Waals surface area contributed by atoms with E-state index in [2.05, 4.69) is 10.6 Å². The van der Waals surface area contributed by atoms with E-state index in [0.717, 1.165) is 22.8 Å². The van der Waals surface area contributed by atoms with E-state index < -0.39 is 0 Å². The average molecular weight is 560 g/mol. The summed E-state index contributed by atoms with van der Waals surface area (Å²) in [6.07, 6.45) is 5.31. The minimum atomic E-state index is -0.390. The summed E-state index contributed by atoms with van der Waals surface area (Å²) in [5.74, 6) is -1.21. The molecule has 0 aromatic heterocycles. The maximum atomic E-state index is 13.6. The lowest BCUT2D eigenvalue weighted by Gasteiger charge is -2.28. The van der Waals surface area contributed by atoms with Crippen molar-refractivity contribution in [2.24, 2.45) is 0 Å². The molecule has 0 heterocycles. The van der Waals surface area contributed by atoms with E-state index in [9.17, 15) is 19.5 Å². The number of aliphatic hydroxyl groups is 1. The van der Waals surface area contributed by atoms with Crippen LogP contribution < -0.4 is 15.5 Å². The number of para-hydroxylation sites is 2. The van der Waals surface area contributed by atoms with Crippen molar-refractivity contribution < 1.29 is 24.1 Å². The van der Waals surface area contributed by atoms with Crippen LogP contribution in [-0.4, -0.2) is 47.1 Å². The van der Waals surface area contributed by atoms with Gasteiger partial charge in [0.1, 0.15) is 12.8 Å². The fraction of sp³-hybridized carbons (Fsp3) is 0.118. The van der Waals surface area contributed by atoms with Crippen LogP contribution in [0.2, 0.25) is 0 Å². The molecule has 42 heavy (non-hydrogen) atoms. The van der Waals surface area contributed by atoms with Gasteiger partial charge in [-0.05, 0) is 36.4 Å². The molecule has 8 nitrogen and oxygen atoms in total. The highest BCUT2D eigenvalue weighted by atomic mass is 16.3. The highest BCUT2D eigenvalue weighted by Gasteiger charge is 2.39. The first-order chi connectivity index (χ1) is 20.2. The van der Waals surface area contributed by atoms with Crippen LogP contribution in [0.1, 0.15) is 19.4 Å². The Morgan fingerprint density at radius 3 is 2.07 bits per heavy atom. The van der Waals surface area contributed by atoms with Gasteiger partial charge in [-0.3, -0.25) is 14.4 Å². The van der Waals surface area contributed by atoms with E-state index >= 15 is 0 Å². The van der Waals surface area contributed by atoms with Crippen molar-refractivity contribution in [1.29, 1.82) is 0 Å². The second-order valence-corrected chi connectivity index (χ2v) is 10.0. The molecule has 3 aromatic carbocycles. The molecule has 0 spiro atoms. The molecule has 0 saturated carbocycles. The molecule has 0 radical (unpaired) electrons. The Bertz CT molecular complexity index is 1760. The molecule has 2 aliphatic rings. The lowest BCUT2D eigenvalue weighted by Crippen LogP contribution is -2.29. The van der Waals surface area contributed by atoms with Crippen LogP contribution in [0.15, 0.2) is 120 Å². The minimum Gasteiger partial charge on any atom is -0.506 e.